The molecule has 1 aromatic rings. The van der Waals surface area contributed by atoms with Gasteiger partial charge in [0.15, 0.2) is 0 Å². The number of rotatable bonds is 4. The molecule has 132 valence electrons. The number of amides is 1. The molecule has 1 aromatic carbocycles. The van der Waals surface area contributed by atoms with Crippen molar-refractivity contribution in [1.82, 2.24) is 9.80 Å². The van der Waals surface area contributed by atoms with E-state index in [9.17, 15) is 4.79 Å². The lowest BCUT2D eigenvalue weighted by atomic mass is 9.95. The van der Waals surface area contributed by atoms with Crippen LogP contribution in [0, 0.1) is 5.92 Å². The minimum Gasteiger partial charge on any atom is -0.445 e. The minimum absolute atomic E-state index is 0.183. The Balaban J connectivity index is 1.37. The minimum atomic E-state index is -0.183. The van der Waals surface area contributed by atoms with Crippen LogP contribution in [0.1, 0.15) is 31.2 Å². The Morgan fingerprint density at radius 2 is 1.88 bits per heavy atom. The van der Waals surface area contributed by atoms with E-state index < -0.39 is 0 Å². The molecule has 0 radical (unpaired) electrons. The van der Waals surface area contributed by atoms with E-state index in [0.29, 0.717) is 18.6 Å². The summed E-state index contributed by atoms with van der Waals surface area (Å²) in [7, 11) is 0. The third kappa shape index (κ3) is 4.95. The number of ether oxygens (including phenoxy) is 1. The van der Waals surface area contributed by atoms with E-state index in [4.69, 9.17) is 10.5 Å². The van der Waals surface area contributed by atoms with Gasteiger partial charge in [0.25, 0.3) is 0 Å². The molecule has 5 nitrogen and oxygen atoms in total. The van der Waals surface area contributed by atoms with Crippen molar-refractivity contribution in [2.24, 2.45) is 11.7 Å². The zero-order valence-corrected chi connectivity index (χ0v) is 14.4. The summed E-state index contributed by atoms with van der Waals surface area (Å²) >= 11 is 0. The first-order valence-electron chi connectivity index (χ1n) is 9.14. The molecule has 0 aliphatic carbocycles. The zero-order chi connectivity index (χ0) is 16.8. The maximum absolute atomic E-state index is 12.2. The van der Waals surface area contributed by atoms with Crippen molar-refractivity contribution in [3.05, 3.63) is 35.9 Å². The molecule has 2 fully saturated rings. The Labute approximate surface area is 144 Å². The molecule has 0 unspecified atom stereocenters. The van der Waals surface area contributed by atoms with Gasteiger partial charge in [-0.3, -0.25) is 0 Å². The molecular formula is C19H29N3O2. The van der Waals surface area contributed by atoms with Crippen molar-refractivity contribution in [3.8, 4) is 0 Å². The van der Waals surface area contributed by atoms with E-state index in [1.54, 1.807) is 0 Å². The number of likely N-dealkylation sites (tertiary alicyclic amines) is 2. The SMILES string of the molecule is N[C@@H]1CCCN(CC2CCN(C(=O)OCc3ccccc3)CC2)C1. The summed E-state index contributed by atoms with van der Waals surface area (Å²) in [6.07, 6.45) is 4.31. The summed E-state index contributed by atoms with van der Waals surface area (Å²) < 4.78 is 5.43. The van der Waals surface area contributed by atoms with Crippen molar-refractivity contribution in [2.75, 3.05) is 32.7 Å². The van der Waals surface area contributed by atoms with Crippen LogP contribution in [0.3, 0.4) is 0 Å². The van der Waals surface area contributed by atoms with Crippen molar-refractivity contribution in [3.63, 3.8) is 0 Å². The van der Waals surface area contributed by atoms with E-state index in [1.165, 1.54) is 13.0 Å². The Hall–Kier alpha value is -1.59. The van der Waals surface area contributed by atoms with Gasteiger partial charge in [-0.1, -0.05) is 30.3 Å². The fourth-order valence-electron chi connectivity index (χ4n) is 3.73. The van der Waals surface area contributed by atoms with Crippen LogP contribution in [-0.4, -0.2) is 54.7 Å². The fourth-order valence-corrected chi connectivity index (χ4v) is 3.73. The van der Waals surface area contributed by atoms with Gasteiger partial charge in [0.2, 0.25) is 0 Å². The van der Waals surface area contributed by atoms with Crippen molar-refractivity contribution >= 4 is 6.09 Å². The van der Waals surface area contributed by atoms with Gasteiger partial charge in [-0.25, -0.2) is 4.79 Å². The van der Waals surface area contributed by atoms with E-state index in [-0.39, 0.29) is 6.09 Å². The summed E-state index contributed by atoms with van der Waals surface area (Å²) in [4.78, 5) is 16.5. The van der Waals surface area contributed by atoms with E-state index in [1.807, 2.05) is 35.2 Å². The first-order valence-corrected chi connectivity index (χ1v) is 9.14. The molecule has 0 spiro atoms. The lowest BCUT2D eigenvalue weighted by Crippen LogP contribution is -2.47. The molecule has 2 aliphatic rings. The van der Waals surface area contributed by atoms with Gasteiger partial charge in [-0.05, 0) is 43.7 Å². The number of hydrogen-bond acceptors (Lipinski definition) is 4. The maximum Gasteiger partial charge on any atom is 0.410 e. The molecule has 0 bridgehead atoms. The predicted octanol–water partition coefficient (Wildman–Crippen LogP) is 2.46. The summed E-state index contributed by atoms with van der Waals surface area (Å²) in [6.45, 7) is 5.29. The summed E-state index contributed by atoms with van der Waals surface area (Å²) in [6, 6.07) is 10.2. The average Bonchev–Trinajstić information content (AvgIpc) is 2.61. The van der Waals surface area contributed by atoms with Crippen LogP contribution in [0.4, 0.5) is 4.79 Å². The number of nitrogens with two attached hydrogens (primary N) is 1. The highest BCUT2D eigenvalue weighted by Crippen LogP contribution is 2.21. The van der Waals surface area contributed by atoms with Gasteiger partial charge < -0.3 is 20.3 Å². The number of benzene rings is 1. The molecule has 2 saturated heterocycles. The van der Waals surface area contributed by atoms with E-state index >= 15 is 0 Å². The first kappa shape index (κ1) is 17.2. The van der Waals surface area contributed by atoms with Gasteiger partial charge >= 0.3 is 6.09 Å². The van der Waals surface area contributed by atoms with Crippen LogP contribution in [0.5, 0.6) is 0 Å². The van der Waals surface area contributed by atoms with Crippen LogP contribution >= 0.6 is 0 Å². The van der Waals surface area contributed by atoms with Gasteiger partial charge in [-0.2, -0.15) is 0 Å². The molecule has 2 aliphatic heterocycles. The molecule has 0 aromatic heterocycles. The third-order valence-electron chi connectivity index (χ3n) is 5.14. The number of hydrogen-bond donors (Lipinski definition) is 1. The lowest BCUT2D eigenvalue weighted by molar-refractivity contribution is 0.0750. The smallest absolute Gasteiger partial charge is 0.410 e. The Morgan fingerprint density at radius 1 is 1.12 bits per heavy atom. The van der Waals surface area contributed by atoms with Gasteiger partial charge in [0.1, 0.15) is 6.61 Å². The molecule has 0 saturated carbocycles. The Morgan fingerprint density at radius 3 is 2.58 bits per heavy atom. The van der Waals surface area contributed by atoms with Crippen LogP contribution in [0.25, 0.3) is 0 Å². The third-order valence-corrected chi connectivity index (χ3v) is 5.14. The number of piperidine rings is 2. The van der Waals surface area contributed by atoms with Crippen LogP contribution in [0.2, 0.25) is 0 Å². The van der Waals surface area contributed by atoms with Crippen molar-refractivity contribution in [1.29, 1.82) is 0 Å². The van der Waals surface area contributed by atoms with E-state index in [0.717, 1.165) is 51.0 Å². The van der Waals surface area contributed by atoms with Crippen LogP contribution in [0.15, 0.2) is 30.3 Å². The summed E-state index contributed by atoms with van der Waals surface area (Å²) in [5.41, 5.74) is 7.09. The van der Waals surface area contributed by atoms with Crippen LogP contribution in [-0.2, 0) is 11.3 Å². The molecular weight excluding hydrogens is 302 g/mol. The molecule has 2 N–H and O–H groups in total. The predicted molar refractivity (Wildman–Crippen MR) is 94.6 cm³/mol. The second kappa shape index (κ2) is 8.49. The molecule has 24 heavy (non-hydrogen) atoms. The van der Waals surface area contributed by atoms with Gasteiger partial charge in [0.05, 0.1) is 0 Å². The number of nitrogens with zero attached hydrogens (tertiary/aromatic N) is 2. The highest BCUT2D eigenvalue weighted by Gasteiger charge is 2.26. The Kier molecular flexibility index (Phi) is 6.10. The van der Waals surface area contributed by atoms with Crippen LogP contribution < -0.4 is 5.73 Å². The van der Waals surface area contributed by atoms with Crippen molar-refractivity contribution in [2.45, 2.75) is 38.3 Å². The standard InChI is InChI=1S/C19H29N3O2/c20-18-7-4-10-21(14-18)13-16-8-11-22(12-9-16)19(23)24-15-17-5-2-1-3-6-17/h1-3,5-6,16,18H,4,7-15,20H2/t18-/m1/s1. The second-order valence-electron chi connectivity index (χ2n) is 7.13. The van der Waals surface area contributed by atoms with Crippen molar-refractivity contribution < 1.29 is 9.53 Å². The monoisotopic (exact) mass is 331 g/mol. The number of carbonyl (C=O) groups excluding carboxylic acids is 1. The normalized spacial score (nSPS) is 23.2. The van der Waals surface area contributed by atoms with E-state index in [2.05, 4.69) is 4.90 Å². The second-order valence-corrected chi connectivity index (χ2v) is 7.13. The quantitative estimate of drug-likeness (QED) is 0.921. The molecule has 1 amide bonds. The highest BCUT2D eigenvalue weighted by molar-refractivity contribution is 5.67. The lowest BCUT2D eigenvalue weighted by Gasteiger charge is -2.37. The molecule has 2 heterocycles. The topological polar surface area (TPSA) is 58.8 Å². The zero-order valence-electron chi connectivity index (χ0n) is 14.4. The first-order chi connectivity index (χ1) is 11.7. The number of carbonyl (C=O) groups is 1. The molecule has 3 rings (SSSR count). The maximum atomic E-state index is 12.2. The fraction of sp³-hybridized carbons (Fsp3) is 0.632. The van der Waals surface area contributed by atoms with Gasteiger partial charge in [-0.15, -0.1) is 0 Å². The largest absolute Gasteiger partial charge is 0.445 e. The van der Waals surface area contributed by atoms with Gasteiger partial charge in [0, 0.05) is 32.2 Å². The molecule has 5 heteroatoms. The highest BCUT2D eigenvalue weighted by atomic mass is 16.6. The molecule has 1 atom stereocenters. The summed E-state index contributed by atoms with van der Waals surface area (Å²) in [5, 5.41) is 0. The summed E-state index contributed by atoms with van der Waals surface area (Å²) in [5.74, 6) is 0.675. The average molecular weight is 331 g/mol. The Bertz CT molecular complexity index is 515.